The third-order valence-electron chi connectivity index (χ3n) is 4.37. The maximum Gasteiger partial charge on any atom is 0.241 e. The number of nitrogens with two attached hydrogens (primary N) is 1. The molecule has 2 atom stereocenters. The molecule has 1 saturated heterocycles. The van der Waals surface area contributed by atoms with Gasteiger partial charge in [0.15, 0.2) is 0 Å². The van der Waals surface area contributed by atoms with Gasteiger partial charge in [0.1, 0.15) is 11.5 Å². The van der Waals surface area contributed by atoms with Crippen LogP contribution in [0.25, 0.3) is 0 Å². The summed E-state index contributed by atoms with van der Waals surface area (Å²) in [5.41, 5.74) is 6.02. The molecule has 0 spiro atoms. The molecule has 2 unspecified atom stereocenters. The third-order valence-corrected chi connectivity index (χ3v) is 4.37. The Morgan fingerprint density at radius 1 is 1.07 bits per heavy atom. The first-order chi connectivity index (χ1) is 13.1. The first kappa shape index (κ1) is 18.9. The molecule has 2 aromatic rings. The number of benzene rings is 2. The zero-order valence-electron chi connectivity index (χ0n) is 15.0. The maximum absolute atomic E-state index is 12.5. The molecule has 142 valence electrons. The molecule has 3 rings (SSSR count). The van der Waals surface area contributed by atoms with Gasteiger partial charge in [0.25, 0.3) is 0 Å². The zero-order chi connectivity index (χ0) is 19.1. The van der Waals surface area contributed by atoms with E-state index in [2.05, 4.69) is 16.0 Å². The monoisotopic (exact) mass is 368 g/mol. The Labute approximate surface area is 158 Å². The van der Waals surface area contributed by atoms with Crippen molar-refractivity contribution in [3.05, 3.63) is 54.6 Å². The molecule has 1 heterocycles. The van der Waals surface area contributed by atoms with Crippen molar-refractivity contribution >= 4 is 17.5 Å². The highest BCUT2D eigenvalue weighted by Crippen LogP contribution is 2.23. The summed E-state index contributed by atoms with van der Waals surface area (Å²) in [5, 5.41) is 8.93. The average Bonchev–Trinajstić information content (AvgIpc) is 2.70. The minimum Gasteiger partial charge on any atom is -0.457 e. The van der Waals surface area contributed by atoms with Crippen LogP contribution in [0.15, 0.2) is 54.6 Å². The van der Waals surface area contributed by atoms with Crippen molar-refractivity contribution in [1.29, 1.82) is 0 Å². The van der Waals surface area contributed by atoms with E-state index < -0.39 is 0 Å². The molecule has 5 N–H and O–H groups in total. The van der Waals surface area contributed by atoms with E-state index in [9.17, 15) is 9.59 Å². The van der Waals surface area contributed by atoms with Gasteiger partial charge in [-0.2, -0.15) is 0 Å². The second-order valence-electron chi connectivity index (χ2n) is 6.43. The van der Waals surface area contributed by atoms with Gasteiger partial charge in [-0.05, 0) is 55.8 Å². The molecule has 2 aromatic carbocycles. The quantitative estimate of drug-likeness (QED) is 0.620. The lowest BCUT2D eigenvalue weighted by Crippen LogP contribution is -2.53. The Morgan fingerprint density at radius 2 is 1.78 bits per heavy atom. The van der Waals surface area contributed by atoms with E-state index in [1.165, 1.54) is 0 Å². The van der Waals surface area contributed by atoms with Crippen molar-refractivity contribution in [2.75, 3.05) is 18.4 Å². The molecule has 0 radical (unpaired) electrons. The maximum atomic E-state index is 12.5. The van der Waals surface area contributed by atoms with Crippen LogP contribution in [0.5, 0.6) is 11.5 Å². The van der Waals surface area contributed by atoms with Crippen molar-refractivity contribution < 1.29 is 14.3 Å². The van der Waals surface area contributed by atoms with E-state index in [0.29, 0.717) is 24.4 Å². The molecule has 0 aromatic heterocycles. The molecule has 0 bridgehead atoms. The Kier molecular flexibility index (Phi) is 6.40. The smallest absolute Gasteiger partial charge is 0.241 e. The number of anilines is 1. The second-order valence-corrected chi connectivity index (χ2v) is 6.43. The van der Waals surface area contributed by atoms with Crippen molar-refractivity contribution in [3.63, 3.8) is 0 Å². The van der Waals surface area contributed by atoms with Gasteiger partial charge in [0.05, 0.1) is 12.6 Å². The molecule has 7 nitrogen and oxygen atoms in total. The minimum atomic E-state index is -0.359. The van der Waals surface area contributed by atoms with Gasteiger partial charge < -0.3 is 26.4 Å². The number of amides is 2. The molecule has 2 amide bonds. The lowest BCUT2D eigenvalue weighted by molar-refractivity contribution is -0.122. The number of rotatable bonds is 6. The van der Waals surface area contributed by atoms with E-state index in [-0.39, 0.29) is 30.4 Å². The highest BCUT2D eigenvalue weighted by molar-refractivity contribution is 5.95. The van der Waals surface area contributed by atoms with Gasteiger partial charge >= 0.3 is 0 Å². The molecular weight excluding hydrogens is 344 g/mol. The van der Waals surface area contributed by atoms with Crippen LogP contribution in [-0.2, 0) is 9.59 Å². The van der Waals surface area contributed by atoms with E-state index in [1.54, 1.807) is 24.3 Å². The average molecular weight is 368 g/mol. The number of nitrogens with one attached hydrogen (secondary N) is 3. The summed E-state index contributed by atoms with van der Waals surface area (Å²) in [6, 6.07) is 16.3. The topological polar surface area (TPSA) is 105 Å². The van der Waals surface area contributed by atoms with Gasteiger partial charge in [-0.25, -0.2) is 0 Å². The summed E-state index contributed by atoms with van der Waals surface area (Å²) >= 11 is 0. The van der Waals surface area contributed by atoms with Gasteiger partial charge in [-0.15, -0.1) is 0 Å². The van der Waals surface area contributed by atoms with Crippen LogP contribution in [0.4, 0.5) is 5.69 Å². The van der Waals surface area contributed by atoms with E-state index in [0.717, 1.165) is 12.2 Å². The summed E-state index contributed by atoms with van der Waals surface area (Å²) in [7, 11) is 0. The molecule has 0 aliphatic carbocycles. The van der Waals surface area contributed by atoms with Crippen molar-refractivity contribution in [2.24, 2.45) is 5.73 Å². The van der Waals surface area contributed by atoms with Crippen LogP contribution in [0.1, 0.15) is 12.8 Å². The molecule has 1 aliphatic heterocycles. The van der Waals surface area contributed by atoms with Crippen molar-refractivity contribution in [3.8, 4) is 11.5 Å². The number of hydrogen-bond acceptors (Lipinski definition) is 5. The molecule has 7 heteroatoms. The van der Waals surface area contributed by atoms with Crippen LogP contribution in [0.3, 0.4) is 0 Å². The van der Waals surface area contributed by atoms with Crippen LogP contribution >= 0.6 is 0 Å². The van der Waals surface area contributed by atoms with E-state index in [1.807, 2.05) is 30.3 Å². The fraction of sp³-hybridized carbons (Fsp3) is 0.300. The fourth-order valence-electron chi connectivity index (χ4n) is 3.00. The predicted molar refractivity (Wildman–Crippen MR) is 104 cm³/mol. The number of carbonyl (C=O) groups is 2. The predicted octanol–water partition coefficient (Wildman–Crippen LogP) is 1.61. The summed E-state index contributed by atoms with van der Waals surface area (Å²) < 4.78 is 5.74. The Balaban J connectivity index is 1.53. The van der Waals surface area contributed by atoms with Gasteiger partial charge in [0.2, 0.25) is 11.8 Å². The lowest BCUT2D eigenvalue weighted by atomic mass is 9.98. The van der Waals surface area contributed by atoms with Gasteiger partial charge in [0, 0.05) is 11.7 Å². The summed E-state index contributed by atoms with van der Waals surface area (Å²) in [6.45, 7) is 0.621. The van der Waals surface area contributed by atoms with Gasteiger partial charge in [-0.3, -0.25) is 9.59 Å². The third kappa shape index (κ3) is 5.54. The number of ether oxygens (including phenoxy) is 1. The molecule has 27 heavy (non-hydrogen) atoms. The molecular formula is C20H24N4O3. The SMILES string of the molecule is NCC(=O)NC1CCNC(C(=O)Nc2ccc(Oc3ccccc3)cc2)C1. The largest absolute Gasteiger partial charge is 0.457 e. The van der Waals surface area contributed by atoms with Crippen molar-refractivity contribution in [2.45, 2.75) is 24.9 Å². The van der Waals surface area contributed by atoms with Gasteiger partial charge in [-0.1, -0.05) is 18.2 Å². The lowest BCUT2D eigenvalue weighted by Gasteiger charge is -2.30. The zero-order valence-corrected chi connectivity index (χ0v) is 15.0. The van der Waals surface area contributed by atoms with E-state index in [4.69, 9.17) is 10.5 Å². The first-order valence-corrected chi connectivity index (χ1v) is 9.00. The van der Waals surface area contributed by atoms with Crippen LogP contribution in [0, 0.1) is 0 Å². The molecule has 1 fully saturated rings. The first-order valence-electron chi connectivity index (χ1n) is 9.00. The Morgan fingerprint density at radius 3 is 2.48 bits per heavy atom. The molecule has 1 aliphatic rings. The summed E-state index contributed by atoms with van der Waals surface area (Å²) in [6.07, 6.45) is 1.31. The highest BCUT2D eigenvalue weighted by Gasteiger charge is 2.27. The number of hydrogen-bond donors (Lipinski definition) is 4. The van der Waals surface area contributed by atoms with Crippen molar-refractivity contribution in [1.82, 2.24) is 10.6 Å². The van der Waals surface area contributed by atoms with E-state index >= 15 is 0 Å². The summed E-state index contributed by atoms with van der Waals surface area (Å²) in [4.78, 5) is 23.9. The van der Waals surface area contributed by atoms with Crippen LogP contribution in [0.2, 0.25) is 0 Å². The molecule has 0 saturated carbocycles. The van der Waals surface area contributed by atoms with Crippen LogP contribution < -0.4 is 26.4 Å². The second kappa shape index (κ2) is 9.16. The fourth-order valence-corrected chi connectivity index (χ4v) is 3.00. The highest BCUT2D eigenvalue weighted by atomic mass is 16.5. The number of piperidine rings is 1. The normalized spacial score (nSPS) is 19.1. The summed E-state index contributed by atoms with van der Waals surface area (Å²) in [5.74, 6) is 1.12. The number of carbonyl (C=O) groups excluding carboxylic acids is 2. The minimum absolute atomic E-state index is 0.0419. The Hall–Kier alpha value is -2.90. The standard InChI is InChI=1S/C20H24N4O3/c21-13-19(25)23-15-10-11-22-18(12-15)20(26)24-14-6-8-17(9-7-14)27-16-4-2-1-3-5-16/h1-9,15,18,22H,10-13,21H2,(H,23,25)(H,24,26). The Bertz CT molecular complexity index is 765. The number of para-hydroxylation sites is 1. The van der Waals surface area contributed by atoms with Crippen LogP contribution in [-0.4, -0.2) is 37.0 Å².